The molecule has 0 spiro atoms. The summed E-state index contributed by atoms with van der Waals surface area (Å²) in [5, 5.41) is 9.13. The summed E-state index contributed by atoms with van der Waals surface area (Å²) in [7, 11) is 1.30. The van der Waals surface area contributed by atoms with Crippen molar-refractivity contribution in [2.24, 2.45) is 0 Å². The molecule has 2 aliphatic rings. The number of ether oxygens (including phenoxy) is 1. The van der Waals surface area contributed by atoms with Gasteiger partial charge in [0.05, 0.1) is 13.0 Å². The summed E-state index contributed by atoms with van der Waals surface area (Å²) in [5.74, 6) is -0.704. The number of carboxylic acids is 1. The second kappa shape index (κ2) is 6.34. The van der Waals surface area contributed by atoms with Gasteiger partial charge in [0, 0.05) is 12.3 Å². The number of esters is 1. The Kier molecular flexibility index (Phi) is 4.74. The summed E-state index contributed by atoms with van der Waals surface area (Å²) >= 11 is 1.41. The molecule has 0 radical (unpaired) electrons. The van der Waals surface area contributed by atoms with Crippen molar-refractivity contribution in [1.29, 1.82) is 0 Å². The minimum Gasteiger partial charge on any atom is -0.480 e. The Morgan fingerprint density at radius 2 is 1.95 bits per heavy atom. The van der Waals surface area contributed by atoms with Crippen molar-refractivity contribution in [3.05, 3.63) is 0 Å². The summed E-state index contributed by atoms with van der Waals surface area (Å²) in [6.07, 6.45) is 2.25. The molecule has 1 unspecified atom stereocenters. The van der Waals surface area contributed by atoms with E-state index in [1.165, 1.54) is 28.7 Å². The van der Waals surface area contributed by atoms with Crippen LogP contribution in [0.25, 0.3) is 0 Å². The van der Waals surface area contributed by atoms with Gasteiger partial charge in [0.2, 0.25) is 0 Å². The molecule has 0 aliphatic carbocycles. The molecule has 112 valence electrons. The highest BCUT2D eigenvalue weighted by atomic mass is 32.2. The number of methoxy groups -OCH3 is 1. The maximum absolute atomic E-state index is 12.5. The predicted octanol–water partition coefficient (Wildman–Crippen LogP) is 0.593. The fourth-order valence-electron chi connectivity index (χ4n) is 2.54. The van der Waals surface area contributed by atoms with E-state index in [0.717, 1.165) is 12.8 Å². The van der Waals surface area contributed by atoms with Crippen LogP contribution in [0.3, 0.4) is 0 Å². The number of amides is 2. The number of carbonyl (C=O) groups excluding carboxylic acids is 2. The standard InChI is InChI=1S/C12H18N2O5S/c1-19-11(17)8-4-2-3-5-13(8)12(18)14-7-20-6-9(14)10(15)16/h8-9H,2-7H2,1H3,(H,15,16)/t8?,9-/m0/s1. The van der Waals surface area contributed by atoms with Gasteiger partial charge in [-0.2, -0.15) is 0 Å². The van der Waals surface area contributed by atoms with Crippen molar-refractivity contribution >= 4 is 29.7 Å². The Labute approximate surface area is 121 Å². The van der Waals surface area contributed by atoms with Gasteiger partial charge in [0.15, 0.2) is 0 Å². The predicted molar refractivity (Wildman–Crippen MR) is 72.3 cm³/mol. The van der Waals surface area contributed by atoms with Crippen LogP contribution < -0.4 is 0 Å². The van der Waals surface area contributed by atoms with Crippen LogP contribution in [-0.4, -0.2) is 70.2 Å². The third-order valence-corrected chi connectivity index (χ3v) is 4.65. The van der Waals surface area contributed by atoms with Crippen molar-refractivity contribution in [1.82, 2.24) is 9.80 Å². The molecule has 0 aromatic carbocycles. The van der Waals surface area contributed by atoms with Crippen LogP contribution in [0.4, 0.5) is 4.79 Å². The van der Waals surface area contributed by atoms with Crippen LogP contribution in [0, 0.1) is 0 Å². The summed E-state index contributed by atoms with van der Waals surface area (Å²) in [6.45, 7) is 0.464. The second-order valence-corrected chi connectivity index (χ2v) is 5.83. The molecule has 2 aliphatic heterocycles. The number of piperidine rings is 1. The first-order valence-electron chi connectivity index (χ1n) is 6.52. The van der Waals surface area contributed by atoms with Gasteiger partial charge >= 0.3 is 18.0 Å². The van der Waals surface area contributed by atoms with Crippen LogP contribution >= 0.6 is 11.8 Å². The largest absolute Gasteiger partial charge is 0.480 e. The number of likely N-dealkylation sites (tertiary alicyclic amines) is 1. The third-order valence-electron chi connectivity index (χ3n) is 3.63. The summed E-state index contributed by atoms with van der Waals surface area (Å²) in [4.78, 5) is 38.2. The van der Waals surface area contributed by atoms with Gasteiger partial charge < -0.3 is 19.6 Å². The summed E-state index contributed by atoms with van der Waals surface area (Å²) in [6, 6.07) is -1.79. The van der Waals surface area contributed by atoms with E-state index in [-0.39, 0.29) is 6.03 Å². The van der Waals surface area contributed by atoms with Crippen LogP contribution in [-0.2, 0) is 14.3 Å². The Morgan fingerprint density at radius 3 is 2.60 bits per heavy atom. The lowest BCUT2D eigenvalue weighted by molar-refractivity contribution is -0.147. The average molecular weight is 302 g/mol. The van der Waals surface area contributed by atoms with Gasteiger partial charge in [-0.05, 0) is 19.3 Å². The molecule has 2 atom stereocenters. The Balaban J connectivity index is 2.13. The zero-order chi connectivity index (χ0) is 14.7. The normalized spacial score (nSPS) is 26.4. The molecule has 0 saturated carbocycles. The highest BCUT2D eigenvalue weighted by Crippen LogP contribution is 2.26. The minimum absolute atomic E-state index is 0.347. The number of hydrogen-bond donors (Lipinski definition) is 1. The van der Waals surface area contributed by atoms with Crippen molar-refractivity contribution in [3.8, 4) is 0 Å². The number of rotatable bonds is 2. The molecule has 7 nitrogen and oxygen atoms in total. The number of urea groups is 1. The quantitative estimate of drug-likeness (QED) is 0.751. The highest BCUT2D eigenvalue weighted by Gasteiger charge is 2.41. The first kappa shape index (κ1) is 15.0. The molecule has 2 fully saturated rings. The number of carbonyl (C=O) groups is 3. The highest BCUT2D eigenvalue weighted by molar-refractivity contribution is 7.99. The number of hydrogen-bond acceptors (Lipinski definition) is 5. The van der Waals surface area contributed by atoms with E-state index >= 15 is 0 Å². The summed E-state index contributed by atoms with van der Waals surface area (Å²) < 4.78 is 4.73. The molecule has 20 heavy (non-hydrogen) atoms. The Hall–Kier alpha value is -1.44. The Morgan fingerprint density at radius 1 is 1.20 bits per heavy atom. The Bertz CT molecular complexity index is 417. The molecule has 2 heterocycles. The monoisotopic (exact) mass is 302 g/mol. The zero-order valence-corrected chi connectivity index (χ0v) is 12.1. The lowest BCUT2D eigenvalue weighted by atomic mass is 10.0. The molecule has 8 heteroatoms. The maximum atomic E-state index is 12.5. The van der Waals surface area contributed by atoms with Gasteiger partial charge in [0.25, 0.3) is 0 Å². The first-order chi connectivity index (χ1) is 9.56. The van der Waals surface area contributed by atoms with Gasteiger partial charge in [0.1, 0.15) is 12.1 Å². The fraction of sp³-hybridized carbons (Fsp3) is 0.750. The molecular weight excluding hydrogens is 284 g/mol. The number of aliphatic carboxylic acids is 1. The lowest BCUT2D eigenvalue weighted by Gasteiger charge is -2.37. The molecular formula is C12H18N2O5S. The van der Waals surface area contributed by atoms with Crippen molar-refractivity contribution < 1.29 is 24.2 Å². The van der Waals surface area contributed by atoms with Crippen LogP contribution in [0.5, 0.6) is 0 Å². The van der Waals surface area contributed by atoms with Gasteiger partial charge in [-0.25, -0.2) is 14.4 Å². The third kappa shape index (κ3) is 2.84. The van der Waals surface area contributed by atoms with E-state index in [1.54, 1.807) is 0 Å². The molecule has 0 aromatic rings. The molecule has 2 rings (SSSR count). The van der Waals surface area contributed by atoms with Gasteiger partial charge in [-0.1, -0.05) is 0 Å². The minimum atomic E-state index is -1.00. The van der Waals surface area contributed by atoms with Crippen LogP contribution in [0.1, 0.15) is 19.3 Å². The SMILES string of the molecule is COC(=O)C1CCCCN1C(=O)N1CSC[C@H]1C(=O)O. The number of carboxylic acid groups (broad SMARTS) is 1. The molecule has 2 amide bonds. The van der Waals surface area contributed by atoms with Crippen molar-refractivity contribution in [2.45, 2.75) is 31.3 Å². The van der Waals surface area contributed by atoms with Crippen LogP contribution in [0.2, 0.25) is 0 Å². The van der Waals surface area contributed by atoms with Gasteiger partial charge in [-0.15, -0.1) is 11.8 Å². The van der Waals surface area contributed by atoms with E-state index in [4.69, 9.17) is 9.84 Å². The maximum Gasteiger partial charge on any atom is 0.328 e. The lowest BCUT2D eigenvalue weighted by Crippen LogP contribution is -2.55. The molecule has 0 aromatic heterocycles. The second-order valence-electron chi connectivity index (χ2n) is 4.83. The van der Waals surface area contributed by atoms with E-state index in [9.17, 15) is 14.4 Å². The van der Waals surface area contributed by atoms with E-state index in [0.29, 0.717) is 24.6 Å². The van der Waals surface area contributed by atoms with Gasteiger partial charge in [-0.3, -0.25) is 0 Å². The molecule has 1 N–H and O–H groups in total. The van der Waals surface area contributed by atoms with Crippen molar-refractivity contribution in [3.63, 3.8) is 0 Å². The smallest absolute Gasteiger partial charge is 0.328 e. The number of thioether (sulfide) groups is 1. The number of nitrogens with zero attached hydrogens (tertiary/aromatic N) is 2. The van der Waals surface area contributed by atoms with Crippen molar-refractivity contribution in [2.75, 3.05) is 25.3 Å². The van der Waals surface area contributed by atoms with E-state index < -0.39 is 24.0 Å². The molecule has 2 saturated heterocycles. The first-order valence-corrected chi connectivity index (χ1v) is 7.67. The van der Waals surface area contributed by atoms with E-state index in [1.807, 2.05) is 0 Å². The summed E-state index contributed by atoms with van der Waals surface area (Å²) in [5.41, 5.74) is 0. The molecule has 0 bridgehead atoms. The topological polar surface area (TPSA) is 87.2 Å². The fourth-order valence-corrected chi connectivity index (χ4v) is 3.68. The average Bonchev–Trinajstić information content (AvgIpc) is 2.95. The van der Waals surface area contributed by atoms with E-state index in [2.05, 4.69) is 0 Å². The van der Waals surface area contributed by atoms with Crippen LogP contribution in [0.15, 0.2) is 0 Å². The zero-order valence-electron chi connectivity index (χ0n) is 11.3.